The van der Waals surface area contributed by atoms with E-state index in [-0.39, 0.29) is 31.2 Å². The van der Waals surface area contributed by atoms with Crippen LogP contribution in [0.2, 0.25) is 0 Å². The summed E-state index contributed by atoms with van der Waals surface area (Å²) in [5, 5.41) is 4.89. The van der Waals surface area contributed by atoms with Gasteiger partial charge in [0.05, 0.1) is 17.7 Å². The lowest BCUT2D eigenvalue weighted by Gasteiger charge is -2.34. The Morgan fingerprint density at radius 1 is 1.04 bits per heavy atom. The standard InChI is InChI=1S/C18H21F3N4O3/c19-18(20,21)14-4-2-1-3-13(14)16(27)25-9-7-24(8-10-25)11-15(26)23-17(28)22-12-5-6-12/h1-4,12H,5-11H2,(H2,22,23,26,28). The maximum Gasteiger partial charge on any atom is 0.417 e. The van der Waals surface area contributed by atoms with Crippen molar-refractivity contribution in [1.29, 1.82) is 0 Å². The van der Waals surface area contributed by atoms with E-state index in [1.165, 1.54) is 23.1 Å². The summed E-state index contributed by atoms with van der Waals surface area (Å²) in [6, 6.07) is 4.32. The minimum absolute atomic E-state index is 0.0146. The van der Waals surface area contributed by atoms with E-state index in [9.17, 15) is 27.6 Å². The SMILES string of the molecule is O=C(CN1CCN(C(=O)c2ccccc2C(F)(F)F)CC1)NC(=O)NC1CC1. The van der Waals surface area contributed by atoms with Gasteiger partial charge in [0, 0.05) is 32.2 Å². The molecule has 28 heavy (non-hydrogen) atoms. The number of carbonyl (C=O) groups excluding carboxylic acids is 3. The summed E-state index contributed by atoms with van der Waals surface area (Å²) in [7, 11) is 0. The van der Waals surface area contributed by atoms with Crippen LogP contribution in [0.5, 0.6) is 0 Å². The highest BCUT2D eigenvalue weighted by molar-refractivity contribution is 5.96. The van der Waals surface area contributed by atoms with E-state index in [1.807, 2.05) is 0 Å². The number of nitrogens with zero attached hydrogens (tertiary/aromatic N) is 2. The van der Waals surface area contributed by atoms with E-state index in [1.54, 1.807) is 4.90 Å². The number of benzene rings is 1. The van der Waals surface area contributed by atoms with Gasteiger partial charge in [-0.1, -0.05) is 12.1 Å². The Hall–Kier alpha value is -2.62. The van der Waals surface area contributed by atoms with E-state index >= 15 is 0 Å². The summed E-state index contributed by atoms with van der Waals surface area (Å²) in [4.78, 5) is 39.1. The number of halogens is 3. The lowest BCUT2D eigenvalue weighted by Crippen LogP contribution is -2.52. The Balaban J connectivity index is 1.50. The maximum absolute atomic E-state index is 13.1. The van der Waals surface area contributed by atoms with Crippen LogP contribution in [0.25, 0.3) is 0 Å². The van der Waals surface area contributed by atoms with Crippen LogP contribution in [0.3, 0.4) is 0 Å². The number of hydrogen-bond acceptors (Lipinski definition) is 4. The van der Waals surface area contributed by atoms with E-state index in [0.29, 0.717) is 13.1 Å². The summed E-state index contributed by atoms with van der Waals surface area (Å²) < 4.78 is 39.3. The molecule has 1 saturated carbocycles. The molecular weight excluding hydrogens is 377 g/mol. The highest BCUT2D eigenvalue weighted by atomic mass is 19.4. The third kappa shape index (κ3) is 5.22. The molecular formula is C18H21F3N4O3. The lowest BCUT2D eigenvalue weighted by atomic mass is 10.1. The van der Waals surface area contributed by atoms with Crippen molar-refractivity contribution < 1.29 is 27.6 Å². The molecule has 4 amide bonds. The number of carbonyl (C=O) groups is 3. The molecule has 1 saturated heterocycles. The van der Waals surface area contributed by atoms with Crippen LogP contribution in [0, 0.1) is 0 Å². The van der Waals surface area contributed by atoms with Crippen molar-refractivity contribution >= 4 is 17.8 Å². The van der Waals surface area contributed by atoms with Crippen LogP contribution < -0.4 is 10.6 Å². The van der Waals surface area contributed by atoms with E-state index in [0.717, 1.165) is 18.9 Å². The van der Waals surface area contributed by atoms with Gasteiger partial charge in [-0.15, -0.1) is 0 Å². The first-order chi connectivity index (χ1) is 13.2. The second kappa shape index (κ2) is 8.17. The smallest absolute Gasteiger partial charge is 0.336 e. The van der Waals surface area contributed by atoms with Crippen LogP contribution in [0.4, 0.5) is 18.0 Å². The van der Waals surface area contributed by atoms with Crippen LogP contribution in [-0.4, -0.2) is 66.4 Å². The normalized spacial score (nSPS) is 17.9. The van der Waals surface area contributed by atoms with Crippen molar-refractivity contribution in [2.75, 3.05) is 32.7 Å². The van der Waals surface area contributed by atoms with Gasteiger partial charge >= 0.3 is 12.2 Å². The van der Waals surface area contributed by atoms with Gasteiger partial charge in [0.15, 0.2) is 0 Å². The maximum atomic E-state index is 13.1. The molecule has 0 atom stereocenters. The van der Waals surface area contributed by atoms with Crippen molar-refractivity contribution in [3.8, 4) is 0 Å². The van der Waals surface area contributed by atoms with Crippen LogP contribution >= 0.6 is 0 Å². The molecule has 1 aliphatic carbocycles. The van der Waals surface area contributed by atoms with Gasteiger partial charge < -0.3 is 10.2 Å². The van der Waals surface area contributed by atoms with Gasteiger partial charge in [0.1, 0.15) is 0 Å². The van der Waals surface area contributed by atoms with Gasteiger partial charge in [0.25, 0.3) is 5.91 Å². The number of imide groups is 1. The zero-order valence-corrected chi connectivity index (χ0v) is 15.1. The topological polar surface area (TPSA) is 81.8 Å². The predicted octanol–water partition coefficient (Wildman–Crippen LogP) is 1.45. The molecule has 7 nitrogen and oxygen atoms in total. The molecule has 0 radical (unpaired) electrons. The van der Waals surface area contributed by atoms with Gasteiger partial charge in [0.2, 0.25) is 5.91 Å². The lowest BCUT2D eigenvalue weighted by molar-refractivity contribution is -0.138. The molecule has 0 aromatic heterocycles. The number of alkyl halides is 3. The van der Waals surface area contributed by atoms with Crippen molar-refractivity contribution in [3.63, 3.8) is 0 Å². The Kier molecular flexibility index (Phi) is 5.87. The number of rotatable bonds is 4. The summed E-state index contributed by atoms with van der Waals surface area (Å²) in [6.07, 6.45) is -2.78. The summed E-state index contributed by atoms with van der Waals surface area (Å²) >= 11 is 0. The third-order valence-corrected chi connectivity index (χ3v) is 4.66. The van der Waals surface area contributed by atoms with Crippen molar-refractivity contribution in [2.45, 2.75) is 25.1 Å². The van der Waals surface area contributed by atoms with Crippen LogP contribution in [-0.2, 0) is 11.0 Å². The largest absolute Gasteiger partial charge is 0.417 e. The van der Waals surface area contributed by atoms with Gasteiger partial charge in [-0.05, 0) is 25.0 Å². The van der Waals surface area contributed by atoms with Gasteiger partial charge in [-0.3, -0.25) is 19.8 Å². The first-order valence-electron chi connectivity index (χ1n) is 9.02. The third-order valence-electron chi connectivity index (χ3n) is 4.66. The summed E-state index contributed by atoms with van der Waals surface area (Å²) in [6.45, 7) is 1.05. The molecule has 1 heterocycles. The summed E-state index contributed by atoms with van der Waals surface area (Å²) in [5.74, 6) is -1.14. The Morgan fingerprint density at radius 3 is 2.29 bits per heavy atom. The minimum atomic E-state index is -4.60. The molecule has 2 fully saturated rings. The highest BCUT2D eigenvalue weighted by Crippen LogP contribution is 2.32. The van der Waals surface area contributed by atoms with Crippen LogP contribution in [0.1, 0.15) is 28.8 Å². The number of amides is 4. The first-order valence-corrected chi connectivity index (χ1v) is 9.02. The Labute approximate surface area is 159 Å². The zero-order valence-electron chi connectivity index (χ0n) is 15.1. The number of urea groups is 1. The number of hydrogen-bond donors (Lipinski definition) is 2. The average molecular weight is 398 g/mol. The molecule has 3 rings (SSSR count). The highest BCUT2D eigenvalue weighted by Gasteiger charge is 2.36. The van der Waals surface area contributed by atoms with Crippen molar-refractivity contribution in [1.82, 2.24) is 20.4 Å². The molecule has 0 spiro atoms. The zero-order chi connectivity index (χ0) is 20.3. The second-order valence-electron chi connectivity index (χ2n) is 6.91. The predicted molar refractivity (Wildman–Crippen MR) is 93.5 cm³/mol. The van der Waals surface area contributed by atoms with Gasteiger partial charge in [-0.2, -0.15) is 13.2 Å². The van der Waals surface area contributed by atoms with E-state index in [4.69, 9.17) is 0 Å². The number of piperazine rings is 1. The number of nitrogens with one attached hydrogen (secondary N) is 2. The average Bonchev–Trinajstić information content (AvgIpc) is 3.44. The van der Waals surface area contributed by atoms with E-state index in [2.05, 4.69) is 10.6 Å². The van der Waals surface area contributed by atoms with Crippen molar-refractivity contribution in [3.05, 3.63) is 35.4 Å². The molecule has 1 aromatic carbocycles. The Bertz CT molecular complexity index is 757. The fourth-order valence-electron chi connectivity index (χ4n) is 3.01. The molecule has 1 aliphatic heterocycles. The monoisotopic (exact) mass is 398 g/mol. The second-order valence-corrected chi connectivity index (χ2v) is 6.91. The molecule has 0 unspecified atom stereocenters. The first kappa shape index (κ1) is 20.1. The van der Waals surface area contributed by atoms with Crippen molar-refractivity contribution in [2.24, 2.45) is 0 Å². The van der Waals surface area contributed by atoms with Gasteiger partial charge in [-0.25, -0.2) is 4.79 Å². The van der Waals surface area contributed by atoms with Crippen LogP contribution in [0.15, 0.2) is 24.3 Å². The Morgan fingerprint density at radius 2 is 1.68 bits per heavy atom. The van der Waals surface area contributed by atoms with E-state index < -0.39 is 29.6 Å². The summed E-state index contributed by atoms with van der Waals surface area (Å²) in [5.41, 5.74) is -1.33. The minimum Gasteiger partial charge on any atom is -0.336 e. The molecule has 2 aliphatic rings. The fraction of sp³-hybridized carbons (Fsp3) is 0.500. The molecule has 152 valence electrons. The molecule has 0 bridgehead atoms. The molecule has 2 N–H and O–H groups in total. The quantitative estimate of drug-likeness (QED) is 0.805. The molecule has 10 heteroatoms. The molecule has 1 aromatic rings. The fourth-order valence-corrected chi connectivity index (χ4v) is 3.01.